The number of ketones is 1. The van der Waals surface area contributed by atoms with E-state index in [4.69, 9.17) is 0 Å². The van der Waals surface area contributed by atoms with Crippen LogP contribution in [0.25, 0.3) is 0 Å². The number of carboxylic acids is 1. The van der Waals surface area contributed by atoms with Crippen molar-refractivity contribution >= 4 is 11.8 Å². The van der Waals surface area contributed by atoms with Gasteiger partial charge in [-0.25, -0.2) is 0 Å². The molecule has 0 aromatic rings. The number of aliphatic hydroxyl groups is 2. The molecule has 0 saturated heterocycles. The highest BCUT2D eigenvalue weighted by Gasteiger charge is 2.70. The quantitative estimate of drug-likeness (QED) is 0.666. The van der Waals surface area contributed by atoms with Crippen molar-refractivity contribution in [1.29, 1.82) is 0 Å². The van der Waals surface area contributed by atoms with E-state index in [-0.39, 0.29) is 17.8 Å². The number of hydrogen-bond acceptors (Lipinski definition) is 4. The molecule has 3 aliphatic carbocycles. The van der Waals surface area contributed by atoms with Crippen LogP contribution >= 0.6 is 0 Å². The maximum atomic E-state index is 13.0. The molecule has 2 fully saturated rings. The number of Topliss-reactive ketones (excluding diaryl/α,β-unsaturated/α-hetero) is 1. The van der Waals surface area contributed by atoms with E-state index in [0.29, 0.717) is 19.3 Å². The Kier molecular flexibility index (Phi) is 3.87. The van der Waals surface area contributed by atoms with Crippen LogP contribution in [0.4, 0.5) is 0 Å². The summed E-state index contributed by atoms with van der Waals surface area (Å²) < 4.78 is 0. The Morgan fingerprint density at radius 2 is 1.88 bits per heavy atom. The van der Waals surface area contributed by atoms with Gasteiger partial charge in [-0.3, -0.25) is 9.59 Å². The number of aliphatic carboxylic acids is 1. The third-order valence-electron chi connectivity index (χ3n) is 7.52. The van der Waals surface area contributed by atoms with Gasteiger partial charge in [-0.1, -0.05) is 25.2 Å². The maximum absolute atomic E-state index is 13.0. The van der Waals surface area contributed by atoms with Gasteiger partial charge in [-0.05, 0) is 51.4 Å². The summed E-state index contributed by atoms with van der Waals surface area (Å²) in [5, 5.41) is 31.8. The molecular weight excluding hydrogens is 320 g/mol. The molecule has 5 nitrogen and oxygen atoms in total. The Balaban J connectivity index is 2.17. The lowest BCUT2D eigenvalue weighted by molar-refractivity contribution is -0.214. The molecular formula is C20H28O5. The first kappa shape index (κ1) is 18.3. The van der Waals surface area contributed by atoms with Crippen LogP contribution in [0.1, 0.15) is 46.5 Å². The second-order valence-corrected chi connectivity index (χ2v) is 8.91. The van der Waals surface area contributed by atoms with Crippen molar-refractivity contribution in [3.8, 4) is 0 Å². The van der Waals surface area contributed by atoms with E-state index < -0.39 is 40.2 Å². The van der Waals surface area contributed by atoms with Crippen LogP contribution < -0.4 is 0 Å². The molecule has 3 rings (SSSR count). The minimum atomic E-state index is -1.45. The molecule has 25 heavy (non-hydrogen) atoms. The second-order valence-electron chi connectivity index (χ2n) is 8.91. The topological polar surface area (TPSA) is 94.8 Å². The Morgan fingerprint density at radius 1 is 1.24 bits per heavy atom. The lowest BCUT2D eigenvalue weighted by Gasteiger charge is -2.63. The summed E-state index contributed by atoms with van der Waals surface area (Å²) >= 11 is 0. The fraction of sp³-hybridized carbons (Fsp3) is 0.700. The van der Waals surface area contributed by atoms with Crippen LogP contribution in [0.3, 0.4) is 0 Å². The normalized spacial score (nSPS) is 52.2. The van der Waals surface area contributed by atoms with E-state index >= 15 is 0 Å². The average Bonchev–Trinajstić information content (AvgIpc) is 2.55. The Labute approximate surface area is 148 Å². The Morgan fingerprint density at radius 3 is 2.44 bits per heavy atom. The predicted octanol–water partition coefficient (Wildman–Crippen LogP) is 2.33. The van der Waals surface area contributed by atoms with Gasteiger partial charge in [-0.15, -0.1) is 6.58 Å². The van der Waals surface area contributed by atoms with Crippen molar-refractivity contribution in [3.63, 3.8) is 0 Å². The number of rotatable bonds is 2. The molecule has 0 bridgehead atoms. The molecule has 2 saturated carbocycles. The molecule has 0 aromatic heterocycles. The first-order chi connectivity index (χ1) is 11.4. The van der Waals surface area contributed by atoms with Gasteiger partial charge in [0.1, 0.15) is 6.10 Å². The zero-order chi connectivity index (χ0) is 18.8. The van der Waals surface area contributed by atoms with Crippen LogP contribution in [0, 0.1) is 28.1 Å². The summed E-state index contributed by atoms with van der Waals surface area (Å²) in [5.74, 6) is -2.15. The lowest BCUT2D eigenvalue weighted by atomic mass is 9.41. The molecule has 0 spiro atoms. The van der Waals surface area contributed by atoms with Crippen LogP contribution in [-0.2, 0) is 9.59 Å². The fourth-order valence-corrected chi connectivity index (χ4v) is 5.76. The highest BCUT2D eigenvalue weighted by Crippen LogP contribution is 2.64. The van der Waals surface area contributed by atoms with Gasteiger partial charge in [0, 0.05) is 5.41 Å². The number of carboxylic acid groups (broad SMARTS) is 1. The zero-order valence-electron chi connectivity index (χ0n) is 15.2. The van der Waals surface area contributed by atoms with Crippen LogP contribution in [-0.4, -0.2) is 38.8 Å². The summed E-state index contributed by atoms with van der Waals surface area (Å²) in [4.78, 5) is 25.0. The molecule has 3 aliphatic rings. The minimum Gasteiger partial charge on any atom is -0.481 e. The molecule has 0 heterocycles. The molecule has 0 radical (unpaired) electrons. The maximum Gasteiger partial charge on any atom is 0.309 e. The van der Waals surface area contributed by atoms with Crippen molar-refractivity contribution in [1.82, 2.24) is 0 Å². The second kappa shape index (κ2) is 5.27. The van der Waals surface area contributed by atoms with Crippen molar-refractivity contribution < 1.29 is 24.9 Å². The number of hydrogen-bond donors (Lipinski definition) is 3. The standard InChI is InChI=1S/C20H28O5/c1-5-17(2)8-9-20(25)12(10-17)6-7-14-18(3,16(23)24)11-13(21)15(22)19(14,20)4/h5,8-9,12-14,21,25H,1,6-7,10-11H2,2-4H3,(H,23,24)/t12-,13+,14-,17+,18+,19+,20+/m0/s1. The summed E-state index contributed by atoms with van der Waals surface area (Å²) in [5.41, 5.74) is -4.27. The highest BCUT2D eigenvalue weighted by atomic mass is 16.4. The first-order valence-electron chi connectivity index (χ1n) is 8.97. The molecule has 0 aromatic carbocycles. The van der Waals surface area contributed by atoms with Gasteiger partial charge in [0.25, 0.3) is 0 Å². The van der Waals surface area contributed by atoms with E-state index in [1.807, 2.05) is 19.1 Å². The number of aliphatic hydroxyl groups excluding tert-OH is 1. The lowest BCUT2D eigenvalue weighted by Crippen LogP contribution is -2.70. The van der Waals surface area contributed by atoms with Crippen molar-refractivity contribution in [2.75, 3.05) is 0 Å². The molecule has 5 heteroatoms. The van der Waals surface area contributed by atoms with E-state index in [1.54, 1.807) is 19.9 Å². The molecule has 0 amide bonds. The zero-order valence-corrected chi connectivity index (χ0v) is 15.2. The van der Waals surface area contributed by atoms with Crippen molar-refractivity contribution in [3.05, 3.63) is 24.8 Å². The minimum absolute atomic E-state index is 0.101. The van der Waals surface area contributed by atoms with Crippen molar-refractivity contribution in [2.45, 2.75) is 58.2 Å². The highest BCUT2D eigenvalue weighted by molar-refractivity contribution is 5.94. The monoisotopic (exact) mass is 348 g/mol. The number of allylic oxidation sites excluding steroid dienone is 2. The molecule has 138 valence electrons. The van der Waals surface area contributed by atoms with Crippen LogP contribution in [0.5, 0.6) is 0 Å². The SMILES string of the molecule is C=C[C@]1(C)C=C[C@@]2(O)[C@@H](CC[C@H]3[C@](C)(C(=O)O)C[C@@H](O)C(=O)[C@@]32C)C1. The third-order valence-corrected chi connectivity index (χ3v) is 7.52. The molecule has 7 atom stereocenters. The Hall–Kier alpha value is -1.46. The van der Waals surface area contributed by atoms with Gasteiger partial charge < -0.3 is 15.3 Å². The summed E-state index contributed by atoms with van der Waals surface area (Å²) in [6.45, 7) is 9.15. The predicted molar refractivity (Wildman–Crippen MR) is 92.7 cm³/mol. The van der Waals surface area contributed by atoms with E-state index in [9.17, 15) is 24.9 Å². The Bertz CT molecular complexity index is 669. The first-order valence-corrected chi connectivity index (χ1v) is 8.97. The van der Waals surface area contributed by atoms with Gasteiger partial charge in [-0.2, -0.15) is 0 Å². The van der Waals surface area contributed by atoms with Crippen molar-refractivity contribution in [2.24, 2.45) is 28.1 Å². The average molecular weight is 348 g/mol. The molecule has 3 N–H and O–H groups in total. The van der Waals surface area contributed by atoms with Gasteiger partial charge in [0.05, 0.1) is 16.4 Å². The van der Waals surface area contributed by atoms with E-state index in [2.05, 4.69) is 6.58 Å². The molecule has 0 aliphatic heterocycles. The van der Waals surface area contributed by atoms with E-state index in [0.717, 1.165) is 0 Å². The smallest absolute Gasteiger partial charge is 0.309 e. The largest absolute Gasteiger partial charge is 0.481 e. The van der Waals surface area contributed by atoms with Crippen LogP contribution in [0.2, 0.25) is 0 Å². The number of carbonyl (C=O) groups is 2. The van der Waals surface area contributed by atoms with E-state index in [1.165, 1.54) is 0 Å². The van der Waals surface area contributed by atoms with Crippen LogP contribution in [0.15, 0.2) is 24.8 Å². The third kappa shape index (κ3) is 2.15. The summed E-state index contributed by atoms with van der Waals surface area (Å²) in [7, 11) is 0. The van der Waals surface area contributed by atoms with Gasteiger partial charge in [0.2, 0.25) is 0 Å². The van der Waals surface area contributed by atoms with Gasteiger partial charge >= 0.3 is 5.97 Å². The summed E-state index contributed by atoms with van der Waals surface area (Å²) in [6.07, 6.45) is 5.77. The molecule has 0 unspecified atom stereocenters. The van der Waals surface area contributed by atoms with Gasteiger partial charge in [0.15, 0.2) is 5.78 Å². The number of fused-ring (bicyclic) bond motifs is 3. The number of carbonyl (C=O) groups excluding carboxylic acids is 1. The fourth-order valence-electron chi connectivity index (χ4n) is 5.76. The summed E-state index contributed by atoms with van der Waals surface area (Å²) in [6, 6.07) is 0.